The molecule has 0 saturated heterocycles. The Bertz CT molecular complexity index is 841. The molecule has 0 fully saturated rings. The van der Waals surface area contributed by atoms with Gasteiger partial charge in [-0.05, 0) is 25.2 Å². The van der Waals surface area contributed by atoms with Gasteiger partial charge in [-0.25, -0.2) is 0 Å². The molecule has 1 atom stereocenters. The molecule has 0 unspecified atom stereocenters. The van der Waals surface area contributed by atoms with Gasteiger partial charge in [0.05, 0.1) is 0 Å². The van der Waals surface area contributed by atoms with Crippen molar-refractivity contribution in [3.8, 4) is 0 Å². The first kappa shape index (κ1) is 54.4. The molecular formula is C50H96O6. The lowest BCUT2D eigenvalue weighted by molar-refractivity contribution is -0.167. The maximum absolute atomic E-state index is 12.6. The standard InChI is InChI=1S/C50H96O6/c1-5-7-9-11-12-13-14-15-16-17-18-21-24-27-30-34-37-41-48(51)54-44-47(56-50(53)43-39-32-10-8-6-2)45-55-49(52)42-38-35-31-28-25-22-19-20-23-26-29-33-36-40-46(3)4/h46-47H,5-45H2,1-4H3/t47-/m0/s1. The Kier molecular flexibility index (Phi) is 43.2. The molecule has 0 heterocycles. The van der Waals surface area contributed by atoms with E-state index in [-0.39, 0.29) is 31.1 Å². The Morgan fingerprint density at radius 2 is 0.589 bits per heavy atom. The van der Waals surface area contributed by atoms with Crippen molar-refractivity contribution in [3.63, 3.8) is 0 Å². The zero-order valence-electron chi connectivity index (χ0n) is 38.1. The molecule has 0 radical (unpaired) electrons. The number of carbonyl (C=O) groups excluding carboxylic acids is 3. The molecule has 332 valence electrons. The summed E-state index contributed by atoms with van der Waals surface area (Å²) in [7, 11) is 0. The molecule has 0 saturated carbocycles. The van der Waals surface area contributed by atoms with Gasteiger partial charge in [-0.1, -0.05) is 240 Å². The predicted octanol–water partition coefficient (Wildman–Crippen LogP) is 15.9. The van der Waals surface area contributed by atoms with Gasteiger partial charge >= 0.3 is 17.9 Å². The molecule has 0 rings (SSSR count). The maximum Gasteiger partial charge on any atom is 0.306 e. The van der Waals surface area contributed by atoms with Crippen molar-refractivity contribution in [2.24, 2.45) is 5.92 Å². The highest BCUT2D eigenvalue weighted by atomic mass is 16.6. The summed E-state index contributed by atoms with van der Waals surface area (Å²) in [5.74, 6) is -0.0227. The fourth-order valence-corrected chi connectivity index (χ4v) is 7.51. The molecule has 0 spiro atoms. The summed E-state index contributed by atoms with van der Waals surface area (Å²) < 4.78 is 16.7. The van der Waals surface area contributed by atoms with E-state index in [0.717, 1.165) is 70.1 Å². The predicted molar refractivity (Wildman–Crippen MR) is 238 cm³/mol. The van der Waals surface area contributed by atoms with Crippen molar-refractivity contribution in [2.75, 3.05) is 13.2 Å². The first-order valence-corrected chi connectivity index (χ1v) is 24.9. The number of ether oxygens (including phenoxy) is 3. The van der Waals surface area contributed by atoms with Crippen LogP contribution in [-0.2, 0) is 28.6 Å². The molecule has 0 aromatic carbocycles. The lowest BCUT2D eigenvalue weighted by Crippen LogP contribution is -2.30. The minimum Gasteiger partial charge on any atom is -0.462 e. The van der Waals surface area contributed by atoms with Gasteiger partial charge in [0.1, 0.15) is 13.2 Å². The van der Waals surface area contributed by atoms with Crippen molar-refractivity contribution in [2.45, 2.75) is 284 Å². The number of rotatable bonds is 45. The third-order valence-corrected chi connectivity index (χ3v) is 11.3. The third kappa shape index (κ3) is 43.5. The van der Waals surface area contributed by atoms with Crippen LogP contribution in [0.1, 0.15) is 278 Å². The highest BCUT2D eigenvalue weighted by Crippen LogP contribution is 2.17. The van der Waals surface area contributed by atoms with E-state index in [1.165, 1.54) is 167 Å². The van der Waals surface area contributed by atoms with Crippen molar-refractivity contribution in [1.82, 2.24) is 0 Å². The van der Waals surface area contributed by atoms with Gasteiger partial charge in [0.2, 0.25) is 0 Å². The van der Waals surface area contributed by atoms with Crippen LogP contribution < -0.4 is 0 Å². The number of carbonyl (C=O) groups is 3. The lowest BCUT2D eigenvalue weighted by atomic mass is 10.0. The fourth-order valence-electron chi connectivity index (χ4n) is 7.51. The van der Waals surface area contributed by atoms with E-state index in [1.807, 2.05) is 0 Å². The van der Waals surface area contributed by atoms with Gasteiger partial charge < -0.3 is 14.2 Å². The number of unbranched alkanes of at least 4 members (excludes halogenated alkanes) is 32. The van der Waals surface area contributed by atoms with Crippen molar-refractivity contribution in [1.29, 1.82) is 0 Å². The number of esters is 3. The van der Waals surface area contributed by atoms with E-state index in [9.17, 15) is 14.4 Å². The minimum atomic E-state index is -0.758. The largest absolute Gasteiger partial charge is 0.462 e. The monoisotopic (exact) mass is 793 g/mol. The van der Waals surface area contributed by atoms with Gasteiger partial charge in [0, 0.05) is 19.3 Å². The van der Waals surface area contributed by atoms with Crippen LogP contribution in [0.15, 0.2) is 0 Å². The molecule has 0 aromatic rings. The van der Waals surface area contributed by atoms with Crippen LogP contribution in [0.25, 0.3) is 0 Å². The topological polar surface area (TPSA) is 78.9 Å². The highest BCUT2D eigenvalue weighted by molar-refractivity contribution is 5.71. The number of hydrogen-bond donors (Lipinski definition) is 0. The first-order valence-electron chi connectivity index (χ1n) is 24.9. The Morgan fingerprint density at radius 3 is 0.875 bits per heavy atom. The summed E-state index contributed by atoms with van der Waals surface area (Å²) in [4.78, 5) is 37.6. The average Bonchev–Trinajstić information content (AvgIpc) is 3.18. The van der Waals surface area contributed by atoms with E-state index in [4.69, 9.17) is 14.2 Å². The van der Waals surface area contributed by atoms with Crippen molar-refractivity contribution < 1.29 is 28.6 Å². The molecule has 0 bridgehead atoms. The van der Waals surface area contributed by atoms with E-state index >= 15 is 0 Å². The quantitative estimate of drug-likeness (QED) is 0.0347. The summed E-state index contributed by atoms with van der Waals surface area (Å²) >= 11 is 0. The molecule has 0 aliphatic rings. The second kappa shape index (κ2) is 44.5. The van der Waals surface area contributed by atoms with E-state index < -0.39 is 6.10 Å². The van der Waals surface area contributed by atoms with Gasteiger partial charge in [0.15, 0.2) is 6.10 Å². The molecule has 0 amide bonds. The van der Waals surface area contributed by atoms with E-state index in [2.05, 4.69) is 27.7 Å². The fraction of sp³-hybridized carbons (Fsp3) is 0.940. The van der Waals surface area contributed by atoms with Crippen LogP contribution in [0.3, 0.4) is 0 Å². The van der Waals surface area contributed by atoms with Crippen molar-refractivity contribution in [3.05, 3.63) is 0 Å². The zero-order valence-corrected chi connectivity index (χ0v) is 38.1. The van der Waals surface area contributed by atoms with Gasteiger partial charge in [-0.3, -0.25) is 14.4 Å². The summed E-state index contributed by atoms with van der Waals surface area (Å²) in [6, 6.07) is 0. The summed E-state index contributed by atoms with van der Waals surface area (Å²) in [6.45, 7) is 8.95. The normalized spacial score (nSPS) is 11.9. The zero-order chi connectivity index (χ0) is 41.0. The summed E-state index contributed by atoms with van der Waals surface area (Å²) in [5, 5.41) is 0. The molecule has 0 aromatic heterocycles. The van der Waals surface area contributed by atoms with Gasteiger partial charge in [-0.2, -0.15) is 0 Å². The molecule has 56 heavy (non-hydrogen) atoms. The Balaban J connectivity index is 4.07. The average molecular weight is 793 g/mol. The van der Waals surface area contributed by atoms with E-state index in [0.29, 0.717) is 19.3 Å². The smallest absolute Gasteiger partial charge is 0.306 e. The second-order valence-corrected chi connectivity index (χ2v) is 17.6. The number of hydrogen-bond acceptors (Lipinski definition) is 6. The second-order valence-electron chi connectivity index (χ2n) is 17.6. The SMILES string of the molecule is CCCCCCCCCCCCCCCCCCCC(=O)OC[C@@H](COC(=O)CCCCCCCCCCCCCCCC(C)C)OC(=O)CCCCCCC. The summed E-state index contributed by atoms with van der Waals surface area (Å²) in [6.07, 6.45) is 45.5. The molecule has 6 nitrogen and oxygen atoms in total. The van der Waals surface area contributed by atoms with Gasteiger partial charge in [-0.15, -0.1) is 0 Å². The van der Waals surface area contributed by atoms with Crippen LogP contribution in [0, 0.1) is 5.92 Å². The molecule has 0 N–H and O–H groups in total. The van der Waals surface area contributed by atoms with E-state index in [1.54, 1.807) is 0 Å². The summed E-state index contributed by atoms with van der Waals surface area (Å²) in [5.41, 5.74) is 0. The van der Waals surface area contributed by atoms with Crippen molar-refractivity contribution >= 4 is 17.9 Å². The Labute approximate surface area is 348 Å². The lowest BCUT2D eigenvalue weighted by Gasteiger charge is -2.18. The van der Waals surface area contributed by atoms with Gasteiger partial charge in [0.25, 0.3) is 0 Å². The minimum absolute atomic E-state index is 0.0645. The third-order valence-electron chi connectivity index (χ3n) is 11.3. The Hall–Kier alpha value is -1.59. The molecule has 6 heteroatoms. The Morgan fingerprint density at radius 1 is 0.339 bits per heavy atom. The van der Waals surface area contributed by atoms with Crippen LogP contribution in [0.2, 0.25) is 0 Å². The van der Waals surface area contributed by atoms with Crippen LogP contribution in [0.5, 0.6) is 0 Å². The van der Waals surface area contributed by atoms with Crippen LogP contribution in [-0.4, -0.2) is 37.2 Å². The molecule has 0 aliphatic heterocycles. The van der Waals surface area contributed by atoms with Crippen LogP contribution >= 0.6 is 0 Å². The molecular weight excluding hydrogens is 697 g/mol. The van der Waals surface area contributed by atoms with Crippen LogP contribution in [0.4, 0.5) is 0 Å². The maximum atomic E-state index is 12.6. The first-order chi connectivity index (χ1) is 27.4. The highest BCUT2D eigenvalue weighted by Gasteiger charge is 2.19. The molecule has 0 aliphatic carbocycles.